The van der Waals surface area contributed by atoms with Gasteiger partial charge in [-0.15, -0.1) is 0 Å². The molecule has 1 aliphatic rings. The van der Waals surface area contributed by atoms with E-state index in [0.29, 0.717) is 24.1 Å². The van der Waals surface area contributed by atoms with Crippen molar-refractivity contribution >= 4 is 17.4 Å². The minimum atomic E-state index is -5.25. The van der Waals surface area contributed by atoms with Crippen LogP contribution in [0.2, 0.25) is 0 Å². The van der Waals surface area contributed by atoms with Gasteiger partial charge in [0.25, 0.3) is 0 Å². The number of nitrogens with zero attached hydrogens (tertiary/aromatic N) is 3. The first-order chi connectivity index (χ1) is 14.4. The summed E-state index contributed by atoms with van der Waals surface area (Å²) in [6, 6.07) is 4.70. The van der Waals surface area contributed by atoms with Crippen molar-refractivity contribution in [2.75, 3.05) is 23.3 Å². The van der Waals surface area contributed by atoms with Gasteiger partial charge in [0.05, 0.1) is 12.1 Å². The lowest BCUT2D eigenvalue weighted by molar-refractivity contribution is -0.145. The second-order valence-electron chi connectivity index (χ2n) is 6.66. The molecule has 31 heavy (non-hydrogen) atoms. The summed E-state index contributed by atoms with van der Waals surface area (Å²) in [7, 11) is 0. The molecular weight excluding hydrogens is 433 g/mol. The molecule has 0 spiro atoms. The first kappa shape index (κ1) is 22.3. The Morgan fingerprint density at radius 1 is 1.16 bits per heavy atom. The highest BCUT2D eigenvalue weighted by atomic mass is 19.4. The van der Waals surface area contributed by atoms with E-state index in [9.17, 15) is 35.5 Å². The molecule has 5 nitrogen and oxygen atoms in total. The van der Waals surface area contributed by atoms with Crippen molar-refractivity contribution in [2.45, 2.75) is 25.2 Å². The average Bonchev–Trinajstić information content (AvgIpc) is 2.69. The Labute approximate surface area is 171 Å². The Balaban J connectivity index is 1.91. The number of hydrogen-bond acceptors (Lipinski definition) is 4. The van der Waals surface area contributed by atoms with Crippen LogP contribution < -0.4 is 10.2 Å². The zero-order valence-corrected chi connectivity index (χ0v) is 15.5. The Bertz CT molecular complexity index is 1060. The maximum atomic E-state index is 13.4. The van der Waals surface area contributed by atoms with Crippen LogP contribution >= 0.6 is 0 Å². The van der Waals surface area contributed by atoms with Gasteiger partial charge in [-0.1, -0.05) is 0 Å². The molecule has 2 heterocycles. The van der Waals surface area contributed by atoms with E-state index in [1.807, 2.05) is 0 Å². The molecule has 1 N–H and O–H groups in total. The van der Waals surface area contributed by atoms with Crippen LogP contribution in [0.4, 0.5) is 42.2 Å². The zero-order valence-electron chi connectivity index (χ0n) is 15.5. The number of anilines is 2. The predicted octanol–water partition coefficient (Wildman–Crippen LogP) is 4.52. The monoisotopic (exact) mass is 446 g/mol. The summed E-state index contributed by atoms with van der Waals surface area (Å²) in [6.07, 6.45) is -9.45. The lowest BCUT2D eigenvalue weighted by atomic mass is 10.0. The number of halogens is 7. The van der Waals surface area contributed by atoms with Gasteiger partial charge in [-0.2, -0.15) is 31.6 Å². The van der Waals surface area contributed by atoms with Gasteiger partial charge in [0.2, 0.25) is 5.91 Å². The van der Waals surface area contributed by atoms with Gasteiger partial charge in [0.1, 0.15) is 29.0 Å². The Hall–Kier alpha value is -3.36. The number of hydrogen-bond donors (Lipinski definition) is 1. The lowest BCUT2D eigenvalue weighted by Crippen LogP contribution is -2.39. The van der Waals surface area contributed by atoms with Crippen molar-refractivity contribution in [2.24, 2.45) is 0 Å². The molecule has 0 saturated carbocycles. The number of amides is 1. The van der Waals surface area contributed by atoms with Crippen LogP contribution in [0.1, 0.15) is 28.8 Å². The summed E-state index contributed by atoms with van der Waals surface area (Å²) in [6.45, 7) is -0.495. The highest BCUT2D eigenvalue weighted by Gasteiger charge is 2.41. The molecule has 12 heteroatoms. The van der Waals surface area contributed by atoms with Gasteiger partial charge in [-0.25, -0.2) is 9.37 Å². The summed E-state index contributed by atoms with van der Waals surface area (Å²) in [4.78, 5) is 16.9. The van der Waals surface area contributed by atoms with E-state index in [0.717, 1.165) is 6.07 Å². The molecular formula is C19H13F7N4O. The van der Waals surface area contributed by atoms with E-state index in [-0.39, 0.29) is 12.6 Å². The second kappa shape index (κ2) is 8.05. The molecule has 0 radical (unpaired) electrons. The Morgan fingerprint density at radius 2 is 1.87 bits per heavy atom. The average molecular weight is 446 g/mol. The van der Waals surface area contributed by atoms with Crippen molar-refractivity contribution in [1.82, 2.24) is 4.98 Å². The summed E-state index contributed by atoms with van der Waals surface area (Å²) in [5.74, 6) is -2.20. The summed E-state index contributed by atoms with van der Waals surface area (Å²) in [5.41, 5.74) is -3.88. The number of aromatic nitrogens is 1. The van der Waals surface area contributed by atoms with Crippen molar-refractivity contribution in [3.63, 3.8) is 0 Å². The normalized spacial score (nSPS) is 14.1. The van der Waals surface area contributed by atoms with Crippen molar-refractivity contribution in [3.05, 3.63) is 52.5 Å². The first-order valence-corrected chi connectivity index (χ1v) is 8.84. The van der Waals surface area contributed by atoms with Gasteiger partial charge in [0, 0.05) is 12.2 Å². The first-order valence-electron chi connectivity index (χ1n) is 8.84. The van der Waals surface area contributed by atoms with E-state index >= 15 is 0 Å². The molecule has 1 aromatic carbocycles. The molecule has 0 unspecified atom stereocenters. The number of fused-ring (bicyclic) bond motifs is 1. The van der Waals surface area contributed by atoms with Gasteiger partial charge < -0.3 is 10.2 Å². The van der Waals surface area contributed by atoms with Crippen molar-refractivity contribution < 1.29 is 35.5 Å². The number of aryl methyl sites for hydroxylation is 1. The summed E-state index contributed by atoms with van der Waals surface area (Å²) >= 11 is 0. The van der Waals surface area contributed by atoms with Gasteiger partial charge in [0.15, 0.2) is 0 Å². The minimum absolute atomic E-state index is 0.230. The van der Waals surface area contributed by atoms with Gasteiger partial charge in [-0.05, 0) is 42.7 Å². The van der Waals surface area contributed by atoms with Gasteiger partial charge in [-0.3, -0.25) is 4.79 Å². The maximum absolute atomic E-state index is 13.4. The van der Waals surface area contributed by atoms with E-state index in [2.05, 4.69) is 10.3 Å². The van der Waals surface area contributed by atoms with E-state index < -0.39 is 53.3 Å². The maximum Gasteiger partial charge on any atom is 0.433 e. The highest BCUT2D eigenvalue weighted by Crippen LogP contribution is 2.38. The Kier molecular flexibility index (Phi) is 5.80. The fraction of sp³-hybridized carbons (Fsp3) is 0.316. The number of pyridine rings is 1. The van der Waals surface area contributed by atoms with Crippen LogP contribution in [0.3, 0.4) is 0 Å². The van der Waals surface area contributed by atoms with Gasteiger partial charge >= 0.3 is 12.4 Å². The number of rotatable bonds is 3. The molecule has 2 aromatic rings. The van der Waals surface area contributed by atoms with Crippen molar-refractivity contribution in [3.8, 4) is 6.07 Å². The minimum Gasteiger partial charge on any atom is -0.360 e. The third-order valence-corrected chi connectivity index (χ3v) is 4.60. The largest absolute Gasteiger partial charge is 0.433 e. The second-order valence-corrected chi connectivity index (χ2v) is 6.66. The zero-order chi connectivity index (χ0) is 23.0. The molecule has 0 fully saturated rings. The highest BCUT2D eigenvalue weighted by molar-refractivity contribution is 5.97. The number of nitrogens with one attached hydrogen (secondary N) is 1. The fourth-order valence-electron chi connectivity index (χ4n) is 3.23. The predicted molar refractivity (Wildman–Crippen MR) is 94.5 cm³/mol. The standard InChI is InChI=1S/C19H13F7N4O/c20-11-3-4-14-10(6-11)2-1-5-30(14)16(31)9-28-17-12(8-27)13(18(21,22)23)7-15(29-17)19(24,25)26/h3-4,6-7H,1-2,5,9H2,(H,28,29). The third-order valence-electron chi connectivity index (χ3n) is 4.60. The van der Waals surface area contributed by atoms with Crippen LogP contribution in [0.5, 0.6) is 0 Å². The molecule has 0 aliphatic carbocycles. The molecule has 1 aliphatic heterocycles. The van der Waals surface area contributed by atoms with Crippen LogP contribution in [-0.2, 0) is 23.6 Å². The number of carbonyl (C=O) groups excluding carboxylic acids is 1. The van der Waals surface area contributed by atoms with E-state index in [1.165, 1.54) is 23.1 Å². The third kappa shape index (κ3) is 4.70. The quantitative estimate of drug-likeness (QED) is 0.704. The summed E-state index contributed by atoms with van der Waals surface area (Å²) < 4.78 is 92.0. The van der Waals surface area contributed by atoms with E-state index in [4.69, 9.17) is 5.26 Å². The summed E-state index contributed by atoms with van der Waals surface area (Å²) in [5, 5.41) is 11.2. The van der Waals surface area contributed by atoms with Crippen LogP contribution in [0.25, 0.3) is 0 Å². The fourth-order valence-corrected chi connectivity index (χ4v) is 3.23. The number of carbonyl (C=O) groups is 1. The van der Waals surface area contributed by atoms with Crippen molar-refractivity contribution in [1.29, 1.82) is 5.26 Å². The molecule has 1 aromatic heterocycles. The molecule has 164 valence electrons. The number of alkyl halides is 6. The van der Waals surface area contributed by atoms with Crippen LogP contribution in [0, 0.1) is 17.1 Å². The molecule has 1 amide bonds. The number of benzene rings is 1. The SMILES string of the molecule is N#Cc1c(C(F)(F)F)cc(C(F)(F)F)nc1NCC(=O)N1CCCc2cc(F)ccc21. The lowest BCUT2D eigenvalue weighted by Gasteiger charge is -2.29. The van der Waals surface area contributed by atoms with Crippen LogP contribution in [0.15, 0.2) is 24.3 Å². The molecule has 0 atom stereocenters. The Morgan fingerprint density at radius 3 is 2.48 bits per heavy atom. The molecule has 0 bridgehead atoms. The molecule has 3 rings (SSSR count). The smallest absolute Gasteiger partial charge is 0.360 e. The molecule has 0 saturated heterocycles. The number of nitriles is 1. The topological polar surface area (TPSA) is 69.0 Å². The van der Waals surface area contributed by atoms with Crippen LogP contribution in [-0.4, -0.2) is 24.0 Å². The van der Waals surface area contributed by atoms with E-state index in [1.54, 1.807) is 0 Å².